The highest BCUT2D eigenvalue weighted by Crippen LogP contribution is 2.49. The van der Waals surface area contributed by atoms with Crippen LogP contribution >= 0.6 is 0 Å². The Bertz CT molecular complexity index is 2590. The Kier molecular flexibility index (Phi) is 9.93. The van der Waals surface area contributed by atoms with Gasteiger partial charge in [0.25, 0.3) is 0 Å². The van der Waals surface area contributed by atoms with E-state index in [4.69, 9.17) is 0 Å². The topological polar surface area (TPSA) is 101 Å². The van der Waals surface area contributed by atoms with Gasteiger partial charge in [0.2, 0.25) is 0 Å². The van der Waals surface area contributed by atoms with Crippen LogP contribution in [0.5, 0.6) is 0 Å². The first-order valence-corrected chi connectivity index (χ1v) is 22.5. The average molecular weight is 795 g/mol. The molecule has 0 unspecified atom stereocenters. The van der Waals surface area contributed by atoms with E-state index in [0.717, 1.165) is 84.8 Å². The molecule has 0 saturated heterocycles. The lowest BCUT2D eigenvalue weighted by Gasteiger charge is -2.33. The van der Waals surface area contributed by atoms with Gasteiger partial charge in [-0.25, -0.2) is 9.97 Å². The first-order valence-electron chi connectivity index (χ1n) is 22.5. The Balaban J connectivity index is 0.000000136. The van der Waals surface area contributed by atoms with Crippen LogP contribution in [0.1, 0.15) is 147 Å². The van der Waals surface area contributed by atoms with Crippen molar-refractivity contribution in [2.45, 2.75) is 113 Å². The summed E-state index contributed by atoms with van der Waals surface area (Å²) in [5.41, 5.74) is 11.9. The SMILES string of the molecule is O[C@@H](c1c(C2CC2)ccc2cncn12)C1CCC(c2ccc3cccnc3c2)CC1.O[C@H](c1c(C2CC2)ccc2cncn12)C1CCC(c2ccc3cccnc3c2)CC1. The molecule has 0 aliphatic heterocycles. The van der Waals surface area contributed by atoms with E-state index < -0.39 is 12.2 Å². The van der Waals surface area contributed by atoms with E-state index in [1.165, 1.54) is 58.7 Å². The third-order valence-electron chi connectivity index (χ3n) is 14.5. The summed E-state index contributed by atoms with van der Waals surface area (Å²) in [5.74, 6) is 2.97. The van der Waals surface area contributed by atoms with Crippen LogP contribution < -0.4 is 0 Å². The zero-order valence-electron chi connectivity index (χ0n) is 34.2. The number of hydrogen-bond acceptors (Lipinski definition) is 6. The summed E-state index contributed by atoms with van der Waals surface area (Å²) in [6.45, 7) is 0. The third-order valence-corrected chi connectivity index (χ3v) is 14.5. The van der Waals surface area contributed by atoms with Crippen LogP contribution in [0.25, 0.3) is 32.8 Å². The monoisotopic (exact) mass is 794 g/mol. The molecular formula is C52H54N6O2. The van der Waals surface area contributed by atoms with E-state index in [2.05, 4.69) is 102 Å². The summed E-state index contributed by atoms with van der Waals surface area (Å²) in [6, 6.07) is 30.4. The summed E-state index contributed by atoms with van der Waals surface area (Å²) in [7, 11) is 0. The highest BCUT2D eigenvalue weighted by molar-refractivity contribution is 5.79. The second kappa shape index (κ2) is 15.9. The van der Waals surface area contributed by atoms with Crippen LogP contribution in [0.2, 0.25) is 0 Å². The van der Waals surface area contributed by atoms with Crippen molar-refractivity contribution in [2.24, 2.45) is 11.8 Å². The van der Waals surface area contributed by atoms with Gasteiger partial charge in [0, 0.05) is 23.2 Å². The fraction of sp³-hybridized carbons (Fsp3) is 0.385. The normalized spacial score (nSPS) is 23.1. The van der Waals surface area contributed by atoms with E-state index in [9.17, 15) is 10.2 Å². The van der Waals surface area contributed by atoms with E-state index in [1.54, 1.807) is 0 Å². The summed E-state index contributed by atoms with van der Waals surface area (Å²) >= 11 is 0. The fourth-order valence-electron chi connectivity index (χ4n) is 10.8. The van der Waals surface area contributed by atoms with Crippen LogP contribution in [-0.4, -0.2) is 39.0 Å². The number of aliphatic hydroxyl groups excluding tert-OH is 2. The van der Waals surface area contributed by atoms with Crippen molar-refractivity contribution in [3.63, 3.8) is 0 Å². The second-order valence-electron chi connectivity index (χ2n) is 18.3. The first kappa shape index (κ1) is 37.6. The highest BCUT2D eigenvalue weighted by atomic mass is 16.3. The first-order chi connectivity index (χ1) is 29.6. The Morgan fingerprint density at radius 3 is 1.30 bits per heavy atom. The van der Waals surface area contributed by atoms with Crippen LogP contribution in [0.3, 0.4) is 0 Å². The van der Waals surface area contributed by atoms with Gasteiger partial charge in [-0.1, -0.05) is 48.5 Å². The van der Waals surface area contributed by atoms with Gasteiger partial charge in [0.15, 0.2) is 0 Å². The summed E-state index contributed by atoms with van der Waals surface area (Å²) < 4.78 is 4.25. The van der Waals surface area contributed by atoms with Gasteiger partial charge in [-0.05, 0) is 171 Å². The Labute approximate surface area is 351 Å². The molecule has 8 heteroatoms. The number of rotatable bonds is 8. The molecule has 8 nitrogen and oxygen atoms in total. The number of nitrogens with zero attached hydrogens (tertiary/aromatic N) is 6. The van der Waals surface area contributed by atoms with E-state index in [1.807, 2.05) is 49.6 Å². The molecule has 4 aliphatic carbocycles. The van der Waals surface area contributed by atoms with Gasteiger partial charge in [0.05, 0.1) is 70.7 Å². The van der Waals surface area contributed by atoms with Crippen LogP contribution in [0.15, 0.2) is 122 Å². The molecule has 304 valence electrons. The number of fused-ring (bicyclic) bond motifs is 4. The largest absolute Gasteiger partial charge is 0.387 e. The number of aliphatic hydroxyl groups is 2. The predicted molar refractivity (Wildman–Crippen MR) is 237 cm³/mol. The van der Waals surface area contributed by atoms with Gasteiger partial charge < -0.3 is 19.0 Å². The molecule has 6 heterocycles. The van der Waals surface area contributed by atoms with Crippen LogP contribution in [-0.2, 0) is 0 Å². The van der Waals surface area contributed by atoms with Crippen LogP contribution in [0.4, 0.5) is 0 Å². The van der Waals surface area contributed by atoms with Gasteiger partial charge in [0.1, 0.15) is 0 Å². The summed E-state index contributed by atoms with van der Waals surface area (Å²) in [4.78, 5) is 17.7. The number of benzene rings is 2. The molecule has 12 rings (SSSR count). The molecule has 0 amide bonds. The number of aromatic nitrogens is 6. The molecule has 4 aliphatic rings. The van der Waals surface area contributed by atoms with E-state index in [0.29, 0.717) is 35.5 Å². The van der Waals surface area contributed by atoms with Gasteiger partial charge in [-0.15, -0.1) is 0 Å². The lowest BCUT2D eigenvalue weighted by molar-refractivity contribution is 0.0753. The Morgan fingerprint density at radius 1 is 0.467 bits per heavy atom. The van der Waals surface area contributed by atoms with Crippen molar-refractivity contribution in [3.8, 4) is 0 Å². The average Bonchev–Trinajstić information content (AvgIpc) is 4.24. The third kappa shape index (κ3) is 7.28. The standard InChI is InChI=1S/2C26H27N3O/c2*30-26(25-23(18-5-6-18)12-11-22-15-27-16-29(22)25)20-8-3-17(4-9-20)21-10-7-19-2-1-13-28-24(19)14-21/h2*1-2,7,10-18,20,26,30H,3-6,8-9H2/t2*17?,20?,26-/m10/s1. The van der Waals surface area contributed by atoms with Crippen LogP contribution in [0, 0.1) is 11.8 Å². The minimum atomic E-state index is -0.419. The summed E-state index contributed by atoms with van der Waals surface area (Å²) in [5, 5.41) is 25.3. The van der Waals surface area contributed by atoms with Crippen molar-refractivity contribution in [1.29, 1.82) is 0 Å². The van der Waals surface area contributed by atoms with E-state index in [-0.39, 0.29) is 0 Å². The molecule has 0 radical (unpaired) electrons. The minimum absolute atomic E-state index is 0.310. The lowest BCUT2D eigenvalue weighted by atomic mass is 9.75. The molecule has 2 aromatic carbocycles. The molecule has 4 fully saturated rings. The predicted octanol–water partition coefficient (Wildman–Crippen LogP) is 11.5. The maximum atomic E-state index is 11.5. The second-order valence-corrected chi connectivity index (χ2v) is 18.3. The van der Waals surface area contributed by atoms with Crippen molar-refractivity contribution in [2.75, 3.05) is 0 Å². The smallest absolute Gasteiger partial charge is 0.0995 e. The van der Waals surface area contributed by atoms with E-state index >= 15 is 0 Å². The minimum Gasteiger partial charge on any atom is -0.387 e. The molecular weight excluding hydrogens is 741 g/mol. The zero-order chi connectivity index (χ0) is 40.2. The van der Waals surface area contributed by atoms with Gasteiger partial charge in [-0.2, -0.15) is 0 Å². The van der Waals surface area contributed by atoms with Gasteiger partial charge in [-0.3, -0.25) is 9.97 Å². The molecule has 60 heavy (non-hydrogen) atoms. The Morgan fingerprint density at radius 2 is 0.883 bits per heavy atom. The fourth-order valence-corrected chi connectivity index (χ4v) is 10.8. The number of pyridine rings is 4. The zero-order valence-corrected chi connectivity index (χ0v) is 34.2. The lowest BCUT2D eigenvalue weighted by Crippen LogP contribution is -2.22. The molecule has 2 N–H and O–H groups in total. The van der Waals surface area contributed by atoms with Crippen molar-refractivity contribution < 1.29 is 10.2 Å². The number of hydrogen-bond donors (Lipinski definition) is 2. The highest BCUT2D eigenvalue weighted by Gasteiger charge is 2.36. The Hall–Kier alpha value is -5.44. The molecule has 0 bridgehead atoms. The summed E-state index contributed by atoms with van der Waals surface area (Å²) in [6.07, 6.45) is 24.1. The van der Waals surface area contributed by atoms with Crippen molar-refractivity contribution in [3.05, 3.63) is 156 Å². The molecule has 2 atom stereocenters. The van der Waals surface area contributed by atoms with Crippen molar-refractivity contribution in [1.82, 2.24) is 28.7 Å². The maximum absolute atomic E-state index is 11.5. The van der Waals surface area contributed by atoms with Crippen molar-refractivity contribution >= 4 is 32.8 Å². The number of imidazole rings is 2. The molecule has 6 aromatic heterocycles. The molecule has 4 saturated carbocycles. The van der Waals surface area contributed by atoms with Gasteiger partial charge >= 0.3 is 0 Å². The maximum Gasteiger partial charge on any atom is 0.0995 e. The molecule has 0 spiro atoms. The quantitative estimate of drug-likeness (QED) is 0.159. The molecule has 8 aromatic rings.